The van der Waals surface area contributed by atoms with Gasteiger partial charge in [0.25, 0.3) is 0 Å². The summed E-state index contributed by atoms with van der Waals surface area (Å²) in [7, 11) is 3.32. The molecular formula is C16H17NO3. The zero-order chi connectivity index (χ0) is 14.5. The zero-order valence-electron chi connectivity index (χ0n) is 11.5. The first-order chi connectivity index (χ1) is 9.60. The van der Waals surface area contributed by atoms with Gasteiger partial charge in [0, 0.05) is 12.7 Å². The van der Waals surface area contributed by atoms with E-state index in [1.165, 1.54) is 0 Å². The number of phenols is 1. The van der Waals surface area contributed by atoms with Crippen molar-refractivity contribution in [1.82, 2.24) is 0 Å². The molecule has 2 rings (SSSR count). The second-order valence-corrected chi connectivity index (χ2v) is 4.50. The molecule has 20 heavy (non-hydrogen) atoms. The summed E-state index contributed by atoms with van der Waals surface area (Å²) in [5.41, 5.74) is 1.65. The van der Waals surface area contributed by atoms with E-state index in [2.05, 4.69) is 0 Å². The number of hydrogen-bond donors (Lipinski definition) is 1. The average Bonchev–Trinajstić information content (AvgIpc) is 2.47. The molecule has 0 aliphatic carbocycles. The van der Waals surface area contributed by atoms with E-state index in [1.54, 1.807) is 43.3 Å². The Balaban J connectivity index is 2.09. The lowest BCUT2D eigenvalue weighted by molar-refractivity contribution is -0.117. The highest BCUT2D eigenvalue weighted by molar-refractivity contribution is 5.94. The van der Waals surface area contributed by atoms with E-state index in [4.69, 9.17) is 4.74 Å². The fraction of sp³-hybridized carbons (Fsp3) is 0.188. The van der Waals surface area contributed by atoms with Gasteiger partial charge in [-0.15, -0.1) is 0 Å². The Kier molecular flexibility index (Phi) is 4.25. The molecule has 104 valence electrons. The van der Waals surface area contributed by atoms with E-state index >= 15 is 0 Å². The van der Waals surface area contributed by atoms with Gasteiger partial charge in [0.1, 0.15) is 11.5 Å². The Labute approximate surface area is 118 Å². The first-order valence-corrected chi connectivity index (χ1v) is 6.28. The third kappa shape index (κ3) is 3.29. The quantitative estimate of drug-likeness (QED) is 0.930. The molecule has 0 fully saturated rings. The smallest absolute Gasteiger partial charge is 0.231 e. The summed E-state index contributed by atoms with van der Waals surface area (Å²) in [5.74, 6) is 0.897. The number of aromatic hydroxyl groups is 1. The number of benzene rings is 2. The van der Waals surface area contributed by atoms with Gasteiger partial charge in [-0.05, 0) is 42.0 Å². The summed E-state index contributed by atoms with van der Waals surface area (Å²) in [6, 6.07) is 14.0. The van der Waals surface area contributed by atoms with Crippen LogP contribution in [-0.4, -0.2) is 25.2 Å². The summed E-state index contributed by atoms with van der Waals surface area (Å²) in [6.45, 7) is 0. The van der Waals surface area contributed by atoms with Gasteiger partial charge in [-0.1, -0.05) is 12.1 Å². The Morgan fingerprint density at radius 2 is 1.90 bits per heavy atom. The SMILES string of the molecule is COc1cccc(CC(=O)N(C)c2ccc(O)cc2)c1. The van der Waals surface area contributed by atoms with Gasteiger partial charge < -0.3 is 14.7 Å². The van der Waals surface area contributed by atoms with E-state index in [0.29, 0.717) is 6.42 Å². The van der Waals surface area contributed by atoms with Crippen molar-refractivity contribution in [3.05, 3.63) is 54.1 Å². The highest BCUT2D eigenvalue weighted by Gasteiger charge is 2.12. The predicted molar refractivity (Wildman–Crippen MR) is 78.2 cm³/mol. The standard InChI is InChI=1S/C16H17NO3/c1-17(13-6-8-14(18)9-7-13)16(19)11-12-4-3-5-15(10-12)20-2/h3-10,18H,11H2,1-2H3. The van der Waals surface area contributed by atoms with Crippen LogP contribution in [0.4, 0.5) is 5.69 Å². The number of nitrogens with zero attached hydrogens (tertiary/aromatic N) is 1. The molecule has 0 atom stereocenters. The van der Waals surface area contributed by atoms with Crippen molar-refractivity contribution in [2.75, 3.05) is 19.1 Å². The number of ether oxygens (including phenoxy) is 1. The summed E-state index contributed by atoms with van der Waals surface area (Å²) >= 11 is 0. The van der Waals surface area contributed by atoms with Crippen molar-refractivity contribution in [1.29, 1.82) is 0 Å². The maximum absolute atomic E-state index is 12.2. The maximum atomic E-state index is 12.2. The van der Waals surface area contributed by atoms with Crippen molar-refractivity contribution in [3.63, 3.8) is 0 Å². The number of carbonyl (C=O) groups excluding carboxylic acids is 1. The molecule has 0 saturated carbocycles. The highest BCUT2D eigenvalue weighted by atomic mass is 16.5. The average molecular weight is 271 g/mol. The van der Waals surface area contributed by atoms with Crippen LogP contribution in [0.3, 0.4) is 0 Å². The van der Waals surface area contributed by atoms with Gasteiger partial charge in [0.15, 0.2) is 0 Å². The lowest BCUT2D eigenvalue weighted by Crippen LogP contribution is -2.27. The van der Waals surface area contributed by atoms with Crippen molar-refractivity contribution in [3.8, 4) is 11.5 Å². The highest BCUT2D eigenvalue weighted by Crippen LogP contribution is 2.19. The van der Waals surface area contributed by atoms with E-state index in [1.807, 2.05) is 24.3 Å². The number of methoxy groups -OCH3 is 1. The number of phenolic OH excluding ortho intramolecular Hbond substituents is 1. The summed E-state index contributed by atoms with van der Waals surface area (Å²) in [4.78, 5) is 13.8. The largest absolute Gasteiger partial charge is 0.508 e. The van der Waals surface area contributed by atoms with E-state index in [-0.39, 0.29) is 11.7 Å². The van der Waals surface area contributed by atoms with Crippen molar-refractivity contribution in [2.24, 2.45) is 0 Å². The summed E-state index contributed by atoms with van der Waals surface area (Å²) < 4.78 is 5.14. The van der Waals surface area contributed by atoms with Crippen LogP contribution in [0.1, 0.15) is 5.56 Å². The van der Waals surface area contributed by atoms with E-state index in [9.17, 15) is 9.90 Å². The van der Waals surface area contributed by atoms with Crippen molar-refractivity contribution < 1.29 is 14.6 Å². The third-order valence-electron chi connectivity index (χ3n) is 3.10. The van der Waals surface area contributed by atoms with Crippen LogP contribution < -0.4 is 9.64 Å². The topological polar surface area (TPSA) is 49.8 Å². The molecule has 0 radical (unpaired) electrons. The van der Waals surface area contributed by atoms with Crippen LogP contribution in [0, 0.1) is 0 Å². The molecule has 0 bridgehead atoms. The van der Waals surface area contributed by atoms with Gasteiger partial charge >= 0.3 is 0 Å². The normalized spacial score (nSPS) is 10.1. The van der Waals surface area contributed by atoms with Gasteiger partial charge in [0.05, 0.1) is 13.5 Å². The molecule has 4 nitrogen and oxygen atoms in total. The molecule has 0 unspecified atom stereocenters. The molecule has 0 aliphatic rings. The van der Waals surface area contributed by atoms with Crippen LogP contribution in [-0.2, 0) is 11.2 Å². The van der Waals surface area contributed by atoms with Gasteiger partial charge in [-0.25, -0.2) is 0 Å². The summed E-state index contributed by atoms with van der Waals surface area (Å²) in [6.07, 6.45) is 0.300. The number of amides is 1. The minimum atomic E-state index is -0.0241. The number of carbonyl (C=O) groups is 1. The van der Waals surface area contributed by atoms with E-state index < -0.39 is 0 Å². The molecule has 0 heterocycles. The van der Waals surface area contributed by atoms with Crippen LogP contribution in [0.15, 0.2) is 48.5 Å². The maximum Gasteiger partial charge on any atom is 0.231 e. The molecule has 2 aromatic rings. The van der Waals surface area contributed by atoms with Crippen molar-refractivity contribution in [2.45, 2.75) is 6.42 Å². The van der Waals surface area contributed by atoms with Crippen LogP contribution in [0.2, 0.25) is 0 Å². The molecule has 0 saturated heterocycles. The van der Waals surface area contributed by atoms with Gasteiger partial charge in [-0.2, -0.15) is 0 Å². The second kappa shape index (κ2) is 6.10. The molecule has 1 N–H and O–H groups in total. The summed E-state index contributed by atoms with van der Waals surface area (Å²) in [5, 5.41) is 9.25. The Bertz CT molecular complexity index is 593. The molecule has 0 spiro atoms. The third-order valence-corrected chi connectivity index (χ3v) is 3.10. The molecular weight excluding hydrogens is 254 g/mol. The fourth-order valence-electron chi connectivity index (χ4n) is 1.90. The van der Waals surface area contributed by atoms with Gasteiger partial charge in [-0.3, -0.25) is 4.79 Å². The second-order valence-electron chi connectivity index (χ2n) is 4.50. The lowest BCUT2D eigenvalue weighted by atomic mass is 10.1. The Morgan fingerprint density at radius 3 is 2.55 bits per heavy atom. The first-order valence-electron chi connectivity index (χ1n) is 6.28. The van der Waals surface area contributed by atoms with Gasteiger partial charge in [0.2, 0.25) is 5.91 Å². The van der Waals surface area contributed by atoms with Crippen molar-refractivity contribution >= 4 is 11.6 Å². The number of rotatable bonds is 4. The fourth-order valence-corrected chi connectivity index (χ4v) is 1.90. The minimum absolute atomic E-state index is 0.0241. The Morgan fingerprint density at radius 1 is 1.20 bits per heavy atom. The number of likely N-dealkylation sites (N-methyl/N-ethyl adjacent to an activating group) is 1. The molecule has 0 aliphatic heterocycles. The molecule has 2 aromatic carbocycles. The number of anilines is 1. The zero-order valence-corrected chi connectivity index (χ0v) is 11.5. The number of hydrogen-bond acceptors (Lipinski definition) is 3. The first kappa shape index (κ1) is 13.9. The van der Waals surface area contributed by atoms with Crippen LogP contribution >= 0.6 is 0 Å². The molecule has 0 aromatic heterocycles. The molecule has 4 heteroatoms. The monoisotopic (exact) mass is 271 g/mol. The van der Waals surface area contributed by atoms with Crippen LogP contribution in [0.5, 0.6) is 11.5 Å². The lowest BCUT2D eigenvalue weighted by Gasteiger charge is -2.17. The Hall–Kier alpha value is -2.49. The minimum Gasteiger partial charge on any atom is -0.508 e. The molecule has 1 amide bonds. The van der Waals surface area contributed by atoms with Crippen LogP contribution in [0.25, 0.3) is 0 Å². The van der Waals surface area contributed by atoms with E-state index in [0.717, 1.165) is 17.0 Å². The predicted octanol–water partition coefficient (Wildman–Crippen LogP) is 2.61.